The molecule has 370 valence electrons. The number of esters is 1. The number of carbonyl (C=O) groups is 6. The lowest BCUT2D eigenvalue weighted by Gasteiger charge is -2.21. The Morgan fingerprint density at radius 1 is 0.406 bits per heavy atom. The molecular formula is C49H57N3O17. The van der Waals surface area contributed by atoms with Crippen LogP contribution in [0.5, 0.6) is 34.5 Å². The summed E-state index contributed by atoms with van der Waals surface area (Å²) < 4.78 is 60.3. The topological polar surface area (TPSA) is 243 Å². The summed E-state index contributed by atoms with van der Waals surface area (Å²) in [6.07, 6.45) is -4.82. The molecular weight excluding hydrogens is 903 g/mol. The second-order valence-electron chi connectivity index (χ2n) is 19.7. The predicted octanol–water partition coefficient (Wildman–Crippen LogP) is 11.5. The Hall–Kier alpha value is -7.77. The van der Waals surface area contributed by atoms with Gasteiger partial charge in [0, 0.05) is 18.2 Å². The molecule has 0 saturated heterocycles. The van der Waals surface area contributed by atoms with Crippen LogP contribution in [0.2, 0.25) is 0 Å². The average molecular weight is 960 g/mol. The molecule has 0 aliphatic carbocycles. The molecule has 3 aromatic carbocycles. The lowest BCUT2D eigenvalue weighted by atomic mass is 10.1. The van der Waals surface area contributed by atoms with Crippen LogP contribution in [0, 0.1) is 0 Å². The van der Waals surface area contributed by atoms with E-state index >= 15 is 0 Å². The predicted molar refractivity (Wildman–Crippen MR) is 246 cm³/mol. The van der Waals surface area contributed by atoms with E-state index in [1.807, 2.05) is 0 Å². The quantitative estimate of drug-likeness (QED) is 0.0471. The third-order valence-electron chi connectivity index (χ3n) is 7.54. The smallest absolute Gasteiger partial charge is 0.428 e. The summed E-state index contributed by atoms with van der Waals surface area (Å²) in [5, 5.41) is 0. The molecule has 69 heavy (non-hydrogen) atoms. The van der Waals surface area contributed by atoms with Gasteiger partial charge < -0.3 is 52.1 Å². The fraction of sp³-hybridized carbons (Fsp3) is 0.408. The first-order chi connectivity index (χ1) is 31.7. The van der Waals surface area contributed by atoms with Crippen molar-refractivity contribution in [3.8, 4) is 68.7 Å². The van der Waals surface area contributed by atoms with Gasteiger partial charge in [-0.1, -0.05) is 12.6 Å². The Balaban J connectivity index is 2.12. The molecule has 0 radical (unpaired) electrons. The van der Waals surface area contributed by atoms with E-state index in [4.69, 9.17) is 67.1 Å². The monoisotopic (exact) mass is 959 g/mol. The third-order valence-corrected chi connectivity index (χ3v) is 7.54. The second-order valence-corrected chi connectivity index (χ2v) is 19.7. The molecule has 4 aromatic rings. The number of rotatable bonds is 10. The molecule has 20 heteroatoms. The first-order valence-corrected chi connectivity index (χ1v) is 21.2. The number of para-hydroxylation sites is 1. The van der Waals surface area contributed by atoms with E-state index in [0.717, 1.165) is 6.08 Å². The largest absolute Gasteiger partial charge is 0.514 e. The zero-order chi connectivity index (χ0) is 51.9. The van der Waals surface area contributed by atoms with Gasteiger partial charge in [0.1, 0.15) is 51.0 Å². The number of benzene rings is 3. The fourth-order valence-electron chi connectivity index (χ4n) is 5.25. The van der Waals surface area contributed by atoms with Crippen LogP contribution in [-0.4, -0.2) is 79.7 Å². The van der Waals surface area contributed by atoms with E-state index in [2.05, 4.69) is 6.58 Å². The Labute approximate surface area is 399 Å². The van der Waals surface area contributed by atoms with Crippen LogP contribution in [-0.2, 0) is 28.5 Å². The van der Waals surface area contributed by atoms with Crippen LogP contribution in [0.4, 0.5) is 24.0 Å². The molecule has 0 spiro atoms. The molecule has 0 saturated carbocycles. The highest BCUT2D eigenvalue weighted by Gasteiger charge is 2.29. The number of ether oxygens (including phenoxy) is 11. The summed E-state index contributed by atoms with van der Waals surface area (Å²) in [5.74, 6) is -3.34. The molecule has 4 rings (SSSR count). The Morgan fingerprint density at radius 2 is 0.739 bits per heavy atom. The van der Waals surface area contributed by atoms with Gasteiger partial charge in [0.15, 0.2) is 29.0 Å². The van der Waals surface area contributed by atoms with E-state index in [9.17, 15) is 28.8 Å². The lowest BCUT2D eigenvalue weighted by molar-refractivity contribution is -0.129. The summed E-state index contributed by atoms with van der Waals surface area (Å²) >= 11 is 0. The van der Waals surface area contributed by atoms with E-state index in [1.54, 1.807) is 104 Å². The number of hydrogen-bond donors (Lipinski definition) is 0. The molecule has 0 amide bonds. The maximum absolute atomic E-state index is 13.3. The van der Waals surface area contributed by atoms with Gasteiger partial charge in [-0.05, 0) is 140 Å². The lowest BCUT2D eigenvalue weighted by Crippen LogP contribution is -2.26. The Bertz CT molecular complexity index is 2480. The van der Waals surface area contributed by atoms with Gasteiger partial charge in [0.05, 0.1) is 16.7 Å². The fourth-order valence-corrected chi connectivity index (χ4v) is 5.25. The highest BCUT2D eigenvalue weighted by atomic mass is 16.8. The summed E-state index contributed by atoms with van der Waals surface area (Å²) in [4.78, 5) is 92.1. The van der Waals surface area contributed by atoms with Crippen LogP contribution in [0.1, 0.15) is 104 Å². The van der Waals surface area contributed by atoms with Crippen LogP contribution < -0.4 is 28.4 Å². The number of aromatic nitrogens is 3. The van der Waals surface area contributed by atoms with Crippen LogP contribution >= 0.6 is 0 Å². The zero-order valence-electron chi connectivity index (χ0n) is 41.3. The molecule has 0 bridgehead atoms. The normalized spacial score (nSPS) is 11.8. The van der Waals surface area contributed by atoms with E-state index in [1.165, 1.54) is 54.6 Å². The highest BCUT2D eigenvalue weighted by molar-refractivity contribution is 5.86. The van der Waals surface area contributed by atoms with Crippen molar-refractivity contribution in [1.82, 2.24) is 15.0 Å². The molecule has 0 unspecified atom stereocenters. The van der Waals surface area contributed by atoms with Gasteiger partial charge in [-0.2, -0.15) is 0 Å². The summed E-state index contributed by atoms with van der Waals surface area (Å²) in [5.41, 5.74) is -5.14. The Kier molecular flexibility index (Phi) is 16.4. The van der Waals surface area contributed by atoms with Crippen molar-refractivity contribution in [3.05, 3.63) is 67.3 Å². The standard InChI is InChI=1S/C49H57N3O17/c1-17-35(53)61-32-20-18-19-31(36(32)64-44(58)69-49(14,15)16)39-51-37(29-23-21-27(59-40(54)65-45(2,3)4)25-33(29)62-42(56)67-47(8,9)10)50-38(52-39)30-24-22-28(60-41(55)66-46(5,6)7)26-34(30)63-43(57)68-48(11,12)13/h17-26H,1H2,2-16H3. The molecule has 0 atom stereocenters. The number of carbonyl (C=O) groups excluding carboxylic acids is 6. The zero-order valence-corrected chi connectivity index (χ0v) is 41.3. The first-order valence-electron chi connectivity index (χ1n) is 21.2. The number of hydrogen-bond acceptors (Lipinski definition) is 20. The highest BCUT2D eigenvalue weighted by Crippen LogP contribution is 2.42. The molecule has 0 aliphatic heterocycles. The maximum Gasteiger partial charge on any atom is 0.514 e. The van der Waals surface area contributed by atoms with E-state index in [-0.39, 0.29) is 62.9 Å². The van der Waals surface area contributed by atoms with Crippen LogP contribution in [0.3, 0.4) is 0 Å². The van der Waals surface area contributed by atoms with Crippen molar-refractivity contribution >= 4 is 36.7 Å². The minimum absolute atomic E-state index is 0.0503. The maximum atomic E-state index is 13.3. The summed E-state index contributed by atoms with van der Waals surface area (Å²) in [6, 6.07) is 11.9. The molecule has 1 heterocycles. The molecule has 0 fully saturated rings. The summed E-state index contributed by atoms with van der Waals surface area (Å²) in [7, 11) is 0. The molecule has 0 N–H and O–H groups in total. The second kappa shape index (κ2) is 21.0. The Morgan fingerprint density at radius 3 is 1.09 bits per heavy atom. The molecule has 20 nitrogen and oxygen atoms in total. The van der Waals surface area contributed by atoms with Crippen molar-refractivity contribution < 1.29 is 80.9 Å². The van der Waals surface area contributed by atoms with Gasteiger partial charge in [-0.3, -0.25) is 0 Å². The van der Waals surface area contributed by atoms with Gasteiger partial charge in [0.2, 0.25) is 0 Å². The van der Waals surface area contributed by atoms with Gasteiger partial charge in [0.25, 0.3) is 0 Å². The SMILES string of the molecule is C=CC(=O)Oc1cccc(-c2nc(-c3ccc(OC(=O)OC(C)(C)C)cc3OC(=O)OC(C)(C)C)nc(-c3ccc(OC(=O)OC(C)(C)C)cc3OC(=O)OC(C)(C)C)n2)c1OC(=O)OC(C)(C)C. The van der Waals surface area contributed by atoms with Crippen LogP contribution in [0.15, 0.2) is 67.3 Å². The average Bonchev–Trinajstić information content (AvgIpc) is 3.14. The minimum atomic E-state index is -1.21. The van der Waals surface area contributed by atoms with E-state index < -0.39 is 70.5 Å². The molecule has 1 aromatic heterocycles. The summed E-state index contributed by atoms with van der Waals surface area (Å²) in [6.45, 7) is 27.7. The van der Waals surface area contributed by atoms with Crippen molar-refractivity contribution in [2.24, 2.45) is 0 Å². The van der Waals surface area contributed by atoms with Crippen molar-refractivity contribution in [3.63, 3.8) is 0 Å². The number of nitrogens with zero attached hydrogens (tertiary/aromatic N) is 3. The van der Waals surface area contributed by atoms with Gasteiger partial charge in [-0.25, -0.2) is 43.7 Å². The molecule has 0 aliphatic rings. The van der Waals surface area contributed by atoms with Crippen molar-refractivity contribution in [2.75, 3.05) is 0 Å². The van der Waals surface area contributed by atoms with Crippen LogP contribution in [0.25, 0.3) is 34.2 Å². The first kappa shape index (κ1) is 53.8. The van der Waals surface area contributed by atoms with Gasteiger partial charge >= 0.3 is 36.7 Å². The van der Waals surface area contributed by atoms with Crippen molar-refractivity contribution in [2.45, 2.75) is 132 Å². The van der Waals surface area contributed by atoms with Crippen molar-refractivity contribution in [1.29, 1.82) is 0 Å². The van der Waals surface area contributed by atoms with Gasteiger partial charge in [-0.15, -0.1) is 0 Å². The van der Waals surface area contributed by atoms with E-state index in [0.29, 0.717) is 0 Å². The minimum Gasteiger partial charge on any atom is -0.428 e. The third kappa shape index (κ3) is 17.8.